The lowest BCUT2D eigenvalue weighted by Crippen LogP contribution is -2.53. The predicted octanol–water partition coefficient (Wildman–Crippen LogP) is 3.55. The Bertz CT molecular complexity index is 375. The average molecular weight is 262 g/mol. The van der Waals surface area contributed by atoms with Gasteiger partial charge in [-0.1, -0.05) is 46.0 Å². The molecule has 19 heavy (non-hydrogen) atoms. The fourth-order valence-electron chi connectivity index (χ4n) is 3.72. The van der Waals surface area contributed by atoms with Crippen LogP contribution in [-0.2, 0) is 4.79 Å². The molecule has 0 spiro atoms. The SMILES string of the molecule is CC1(C)CCCCC1C(=O)NC1(C#N)CCCCC1. The lowest BCUT2D eigenvalue weighted by atomic mass is 9.68. The maximum absolute atomic E-state index is 12.6. The van der Waals surface area contributed by atoms with Gasteiger partial charge in [0, 0.05) is 5.92 Å². The number of rotatable bonds is 2. The van der Waals surface area contributed by atoms with Crippen LogP contribution < -0.4 is 5.32 Å². The minimum absolute atomic E-state index is 0.0770. The highest BCUT2D eigenvalue weighted by Crippen LogP contribution is 2.41. The normalized spacial score (nSPS) is 29.2. The lowest BCUT2D eigenvalue weighted by molar-refractivity contribution is -0.132. The van der Waals surface area contributed by atoms with Gasteiger partial charge in [0.25, 0.3) is 0 Å². The standard InChI is InChI=1S/C16H26N2O/c1-15(2)9-7-4-8-13(15)14(19)18-16(12-17)10-5-3-6-11-16/h13H,3-11H2,1-2H3,(H,18,19). The second-order valence-corrected chi connectivity index (χ2v) is 7.03. The number of carbonyl (C=O) groups excluding carboxylic acids is 1. The molecule has 0 aliphatic heterocycles. The summed E-state index contributed by atoms with van der Waals surface area (Å²) in [5.74, 6) is 0.196. The van der Waals surface area contributed by atoms with Gasteiger partial charge in [0.05, 0.1) is 6.07 Å². The first-order valence-electron chi connectivity index (χ1n) is 7.72. The molecule has 3 heteroatoms. The van der Waals surface area contributed by atoms with Crippen LogP contribution in [0, 0.1) is 22.7 Å². The molecule has 3 nitrogen and oxygen atoms in total. The Morgan fingerprint density at radius 3 is 2.32 bits per heavy atom. The fraction of sp³-hybridized carbons (Fsp3) is 0.875. The summed E-state index contributed by atoms with van der Waals surface area (Å²) >= 11 is 0. The molecule has 0 radical (unpaired) electrons. The fourth-order valence-corrected chi connectivity index (χ4v) is 3.72. The highest BCUT2D eigenvalue weighted by atomic mass is 16.2. The molecule has 0 aromatic heterocycles. The molecule has 2 rings (SSSR count). The van der Waals surface area contributed by atoms with Gasteiger partial charge >= 0.3 is 0 Å². The molecule has 0 heterocycles. The first-order chi connectivity index (χ1) is 8.99. The molecule has 0 aromatic carbocycles. The molecule has 2 aliphatic rings. The van der Waals surface area contributed by atoms with Crippen molar-refractivity contribution in [3.63, 3.8) is 0 Å². The Kier molecular flexibility index (Phi) is 4.18. The maximum Gasteiger partial charge on any atom is 0.224 e. The Labute approximate surface area is 116 Å². The van der Waals surface area contributed by atoms with Gasteiger partial charge in [0.15, 0.2) is 0 Å². The van der Waals surface area contributed by atoms with Crippen LogP contribution in [0.1, 0.15) is 71.6 Å². The summed E-state index contributed by atoms with van der Waals surface area (Å²) in [5.41, 5.74) is -0.503. The molecule has 0 bridgehead atoms. The molecule has 106 valence electrons. The molecule has 1 unspecified atom stereocenters. The summed E-state index contributed by atoms with van der Waals surface area (Å²) in [6, 6.07) is 2.38. The van der Waals surface area contributed by atoms with Crippen LogP contribution in [0.15, 0.2) is 0 Å². The number of amides is 1. The molecule has 2 aliphatic carbocycles. The summed E-state index contributed by atoms with van der Waals surface area (Å²) in [5, 5.41) is 12.6. The van der Waals surface area contributed by atoms with E-state index in [9.17, 15) is 10.1 Å². The third-order valence-electron chi connectivity index (χ3n) is 5.11. The minimum Gasteiger partial charge on any atom is -0.338 e. The van der Waals surface area contributed by atoms with E-state index >= 15 is 0 Å². The van der Waals surface area contributed by atoms with Gasteiger partial charge in [-0.15, -0.1) is 0 Å². The van der Waals surface area contributed by atoms with Crippen molar-refractivity contribution in [3.8, 4) is 6.07 Å². The van der Waals surface area contributed by atoms with Crippen molar-refractivity contribution in [2.24, 2.45) is 11.3 Å². The van der Waals surface area contributed by atoms with E-state index in [1.165, 1.54) is 12.8 Å². The van der Waals surface area contributed by atoms with E-state index in [-0.39, 0.29) is 17.2 Å². The molecule has 2 fully saturated rings. The topological polar surface area (TPSA) is 52.9 Å². The lowest BCUT2D eigenvalue weighted by Gasteiger charge is -2.40. The summed E-state index contributed by atoms with van der Waals surface area (Å²) < 4.78 is 0. The van der Waals surface area contributed by atoms with Gasteiger partial charge in [-0.05, 0) is 31.1 Å². The first-order valence-corrected chi connectivity index (χ1v) is 7.72. The van der Waals surface area contributed by atoms with Gasteiger partial charge in [0.2, 0.25) is 5.91 Å². The highest BCUT2D eigenvalue weighted by molar-refractivity contribution is 5.80. The van der Waals surface area contributed by atoms with E-state index in [0.717, 1.165) is 44.9 Å². The van der Waals surface area contributed by atoms with E-state index < -0.39 is 5.54 Å². The van der Waals surface area contributed by atoms with Gasteiger partial charge in [-0.25, -0.2) is 0 Å². The van der Waals surface area contributed by atoms with Crippen LogP contribution in [0.5, 0.6) is 0 Å². The van der Waals surface area contributed by atoms with Crippen molar-refractivity contribution >= 4 is 5.91 Å². The predicted molar refractivity (Wildman–Crippen MR) is 75.3 cm³/mol. The third kappa shape index (κ3) is 3.11. The molecule has 1 atom stereocenters. The van der Waals surface area contributed by atoms with E-state index in [4.69, 9.17) is 0 Å². The summed E-state index contributed by atoms with van der Waals surface area (Å²) in [4.78, 5) is 12.6. The monoisotopic (exact) mass is 262 g/mol. The van der Waals surface area contributed by atoms with E-state index in [1.807, 2.05) is 0 Å². The Morgan fingerprint density at radius 1 is 1.11 bits per heavy atom. The summed E-state index contributed by atoms with van der Waals surface area (Å²) in [6.45, 7) is 4.38. The van der Waals surface area contributed by atoms with Crippen molar-refractivity contribution in [1.29, 1.82) is 5.26 Å². The van der Waals surface area contributed by atoms with Crippen molar-refractivity contribution in [1.82, 2.24) is 5.32 Å². The Balaban J connectivity index is 2.05. The number of nitriles is 1. The molecule has 2 saturated carbocycles. The number of carbonyl (C=O) groups is 1. The molecular formula is C16H26N2O. The zero-order chi connectivity index (χ0) is 13.9. The number of hydrogen-bond donors (Lipinski definition) is 1. The van der Waals surface area contributed by atoms with Crippen molar-refractivity contribution in [3.05, 3.63) is 0 Å². The van der Waals surface area contributed by atoms with Crippen LogP contribution in [0.4, 0.5) is 0 Å². The van der Waals surface area contributed by atoms with Crippen LogP contribution in [-0.4, -0.2) is 11.4 Å². The van der Waals surface area contributed by atoms with Crippen molar-refractivity contribution in [2.45, 2.75) is 77.2 Å². The van der Waals surface area contributed by atoms with Crippen LogP contribution in [0.2, 0.25) is 0 Å². The van der Waals surface area contributed by atoms with Crippen LogP contribution in [0.3, 0.4) is 0 Å². The van der Waals surface area contributed by atoms with Crippen molar-refractivity contribution < 1.29 is 4.79 Å². The first kappa shape index (κ1) is 14.4. The summed E-state index contributed by atoms with van der Waals surface area (Å²) in [7, 11) is 0. The van der Waals surface area contributed by atoms with E-state index in [0.29, 0.717) is 0 Å². The Morgan fingerprint density at radius 2 is 1.74 bits per heavy atom. The van der Waals surface area contributed by atoms with Crippen molar-refractivity contribution in [2.75, 3.05) is 0 Å². The Hall–Kier alpha value is -1.04. The minimum atomic E-state index is -0.580. The van der Waals surface area contributed by atoms with Gasteiger partial charge in [-0.3, -0.25) is 4.79 Å². The smallest absolute Gasteiger partial charge is 0.224 e. The van der Waals surface area contributed by atoms with E-state index in [1.54, 1.807) is 0 Å². The quantitative estimate of drug-likeness (QED) is 0.827. The number of nitrogens with one attached hydrogen (secondary N) is 1. The van der Waals surface area contributed by atoms with E-state index in [2.05, 4.69) is 25.2 Å². The highest BCUT2D eigenvalue weighted by Gasteiger charge is 2.41. The molecule has 1 N–H and O–H groups in total. The van der Waals surface area contributed by atoms with Crippen LogP contribution in [0.25, 0.3) is 0 Å². The average Bonchev–Trinajstić information content (AvgIpc) is 2.39. The zero-order valence-electron chi connectivity index (χ0n) is 12.3. The zero-order valence-corrected chi connectivity index (χ0v) is 12.3. The second kappa shape index (κ2) is 5.53. The third-order valence-corrected chi connectivity index (χ3v) is 5.11. The largest absolute Gasteiger partial charge is 0.338 e. The summed E-state index contributed by atoms with van der Waals surface area (Å²) in [6.07, 6.45) is 9.40. The maximum atomic E-state index is 12.6. The van der Waals surface area contributed by atoms with Gasteiger partial charge in [-0.2, -0.15) is 5.26 Å². The molecular weight excluding hydrogens is 236 g/mol. The van der Waals surface area contributed by atoms with Gasteiger partial charge in [0.1, 0.15) is 5.54 Å². The molecule has 0 saturated heterocycles. The number of hydrogen-bond acceptors (Lipinski definition) is 2. The van der Waals surface area contributed by atoms with Gasteiger partial charge < -0.3 is 5.32 Å². The second-order valence-electron chi connectivity index (χ2n) is 7.03. The van der Waals surface area contributed by atoms with Crippen LogP contribution >= 0.6 is 0 Å². The molecule has 0 aromatic rings. The molecule has 1 amide bonds. The number of nitrogens with zero attached hydrogens (tertiary/aromatic N) is 1.